The summed E-state index contributed by atoms with van der Waals surface area (Å²) in [4.78, 5) is 30.1. The van der Waals surface area contributed by atoms with Crippen molar-refractivity contribution in [3.8, 4) is 0 Å². The van der Waals surface area contributed by atoms with Crippen LogP contribution in [0.1, 0.15) is 41.7 Å². The summed E-state index contributed by atoms with van der Waals surface area (Å²) in [6, 6.07) is 28.1. The van der Waals surface area contributed by atoms with E-state index < -0.39 is 28.5 Å². The van der Waals surface area contributed by atoms with Gasteiger partial charge in [-0.1, -0.05) is 96.0 Å². The fraction of sp³-hybridized carbons (Fsp3) is 0.297. The summed E-state index contributed by atoms with van der Waals surface area (Å²) in [7, 11) is -4.16. The van der Waals surface area contributed by atoms with E-state index >= 15 is 0 Å². The van der Waals surface area contributed by atoms with Crippen molar-refractivity contribution in [3.63, 3.8) is 0 Å². The van der Waals surface area contributed by atoms with Crippen molar-refractivity contribution in [1.29, 1.82) is 0 Å². The minimum absolute atomic E-state index is 0.0816. The molecule has 1 N–H and O–H groups in total. The second-order valence-corrected chi connectivity index (χ2v) is 14.9. The molecular formula is C37H42BrN3O4S. The molecule has 4 rings (SSSR count). The first-order chi connectivity index (χ1) is 21.8. The van der Waals surface area contributed by atoms with Crippen LogP contribution in [0.15, 0.2) is 106 Å². The molecule has 2 amide bonds. The Bertz CT molecular complexity index is 1760. The van der Waals surface area contributed by atoms with Crippen LogP contribution in [0.3, 0.4) is 0 Å². The summed E-state index contributed by atoms with van der Waals surface area (Å²) in [5.41, 5.74) is 4.89. The van der Waals surface area contributed by atoms with Gasteiger partial charge in [-0.05, 0) is 85.3 Å². The molecule has 242 valence electrons. The molecule has 0 saturated carbocycles. The summed E-state index contributed by atoms with van der Waals surface area (Å²) in [5, 5.41) is 3.02. The molecule has 0 saturated heterocycles. The molecule has 0 aliphatic carbocycles. The number of hydrogen-bond donors (Lipinski definition) is 1. The van der Waals surface area contributed by atoms with E-state index in [1.165, 1.54) is 4.90 Å². The van der Waals surface area contributed by atoms with Crippen molar-refractivity contribution in [2.45, 2.75) is 58.5 Å². The van der Waals surface area contributed by atoms with Gasteiger partial charge in [0.1, 0.15) is 12.6 Å². The Morgan fingerprint density at radius 1 is 0.804 bits per heavy atom. The number of hydrogen-bond acceptors (Lipinski definition) is 4. The zero-order valence-corrected chi connectivity index (χ0v) is 29.4. The van der Waals surface area contributed by atoms with E-state index in [9.17, 15) is 18.0 Å². The van der Waals surface area contributed by atoms with Gasteiger partial charge in [0.25, 0.3) is 10.0 Å². The normalized spacial score (nSPS) is 12.1. The fourth-order valence-corrected chi connectivity index (χ4v) is 6.91. The number of nitrogens with one attached hydrogen (secondary N) is 1. The van der Waals surface area contributed by atoms with E-state index in [0.29, 0.717) is 12.2 Å². The van der Waals surface area contributed by atoms with E-state index in [-0.39, 0.29) is 29.7 Å². The number of carbonyl (C=O) groups excluding carboxylic acids is 2. The summed E-state index contributed by atoms with van der Waals surface area (Å²) >= 11 is 3.52. The molecule has 9 heteroatoms. The zero-order valence-electron chi connectivity index (χ0n) is 27.0. The van der Waals surface area contributed by atoms with Gasteiger partial charge >= 0.3 is 0 Å². The van der Waals surface area contributed by atoms with Crippen LogP contribution in [0, 0.1) is 26.7 Å². The lowest BCUT2D eigenvalue weighted by Gasteiger charge is -2.34. The number of amides is 2. The van der Waals surface area contributed by atoms with Gasteiger partial charge in [0, 0.05) is 24.0 Å². The molecule has 0 aliphatic heterocycles. The van der Waals surface area contributed by atoms with E-state index in [2.05, 4.69) is 21.2 Å². The molecule has 0 bridgehead atoms. The maximum atomic E-state index is 14.6. The summed E-state index contributed by atoms with van der Waals surface area (Å²) in [6.45, 7) is 9.82. The Morgan fingerprint density at radius 2 is 1.48 bits per heavy atom. The highest BCUT2D eigenvalue weighted by Gasteiger charge is 2.34. The van der Waals surface area contributed by atoms with Crippen LogP contribution >= 0.6 is 15.9 Å². The topological polar surface area (TPSA) is 86.8 Å². The predicted molar refractivity (Wildman–Crippen MR) is 188 cm³/mol. The van der Waals surface area contributed by atoms with Crippen LogP contribution in [-0.4, -0.2) is 44.3 Å². The number of sulfonamides is 1. The van der Waals surface area contributed by atoms with Gasteiger partial charge in [-0.25, -0.2) is 8.42 Å². The minimum Gasteiger partial charge on any atom is -0.354 e. The van der Waals surface area contributed by atoms with Crippen LogP contribution in [0.4, 0.5) is 5.69 Å². The Morgan fingerprint density at radius 3 is 2.11 bits per heavy atom. The number of anilines is 1. The SMILES string of the molecule is Cc1ccc(S(=O)(=O)N(CC(=O)N(Cc2cccc(Br)c2)[C@H](Cc2ccccc2)C(=O)NCC(C)C)c2ccc(C)c(C)c2)cc1. The quantitative estimate of drug-likeness (QED) is 0.163. The molecule has 0 fully saturated rings. The number of carbonyl (C=O) groups is 2. The van der Waals surface area contributed by atoms with Crippen molar-refractivity contribution >= 4 is 43.5 Å². The predicted octanol–water partition coefficient (Wildman–Crippen LogP) is 6.98. The number of rotatable bonds is 13. The van der Waals surface area contributed by atoms with Crippen molar-refractivity contribution in [3.05, 3.63) is 129 Å². The second kappa shape index (κ2) is 15.6. The molecule has 0 heterocycles. The molecule has 46 heavy (non-hydrogen) atoms. The summed E-state index contributed by atoms with van der Waals surface area (Å²) in [5.74, 6) is -0.579. The van der Waals surface area contributed by atoms with Gasteiger partial charge in [-0.15, -0.1) is 0 Å². The molecule has 4 aromatic rings. The average molecular weight is 705 g/mol. The maximum Gasteiger partial charge on any atom is 0.264 e. The molecule has 4 aromatic carbocycles. The highest BCUT2D eigenvalue weighted by molar-refractivity contribution is 9.10. The highest BCUT2D eigenvalue weighted by atomic mass is 79.9. The van der Waals surface area contributed by atoms with Crippen molar-refractivity contribution in [2.24, 2.45) is 5.92 Å². The van der Waals surface area contributed by atoms with E-state index in [1.807, 2.05) is 95.3 Å². The molecule has 0 aliphatic rings. The lowest BCUT2D eigenvalue weighted by molar-refractivity contribution is -0.140. The van der Waals surface area contributed by atoms with Crippen LogP contribution in [0.5, 0.6) is 0 Å². The zero-order chi connectivity index (χ0) is 33.4. The van der Waals surface area contributed by atoms with Crippen LogP contribution in [0.2, 0.25) is 0 Å². The summed E-state index contributed by atoms with van der Waals surface area (Å²) in [6.07, 6.45) is 0.263. The minimum atomic E-state index is -4.16. The number of benzene rings is 4. The standard InChI is InChI=1S/C37H42BrN3O4S/c1-26(2)23-39-37(43)35(22-30-10-7-6-8-11-30)40(24-31-12-9-13-32(38)21-31)36(42)25-41(33-17-16-28(4)29(5)20-33)46(44,45)34-18-14-27(3)15-19-34/h6-21,26,35H,22-25H2,1-5H3,(H,39,43)/t35-/m1/s1. The van der Waals surface area contributed by atoms with Gasteiger partial charge in [0.15, 0.2) is 0 Å². The maximum absolute atomic E-state index is 14.6. The number of halogens is 1. The van der Waals surface area contributed by atoms with Gasteiger partial charge < -0.3 is 10.2 Å². The van der Waals surface area contributed by atoms with Crippen LogP contribution < -0.4 is 9.62 Å². The van der Waals surface area contributed by atoms with Crippen molar-refractivity contribution < 1.29 is 18.0 Å². The Hall–Kier alpha value is -3.95. The van der Waals surface area contributed by atoms with Crippen molar-refractivity contribution in [2.75, 3.05) is 17.4 Å². The average Bonchev–Trinajstić information content (AvgIpc) is 3.02. The molecule has 7 nitrogen and oxygen atoms in total. The first-order valence-corrected chi connectivity index (χ1v) is 17.6. The Labute approximate surface area is 281 Å². The molecular weight excluding hydrogens is 662 g/mol. The van der Waals surface area contributed by atoms with Gasteiger partial charge in [-0.3, -0.25) is 13.9 Å². The van der Waals surface area contributed by atoms with Crippen molar-refractivity contribution in [1.82, 2.24) is 10.2 Å². The molecule has 0 unspecified atom stereocenters. The third-order valence-corrected chi connectivity index (χ3v) is 10.1. The Balaban J connectivity index is 1.82. The van der Waals surface area contributed by atoms with Crippen LogP contribution in [-0.2, 0) is 32.6 Å². The Kier molecular flexibility index (Phi) is 11.8. The smallest absolute Gasteiger partial charge is 0.264 e. The molecule has 0 radical (unpaired) electrons. The monoisotopic (exact) mass is 703 g/mol. The second-order valence-electron chi connectivity index (χ2n) is 12.1. The first kappa shape index (κ1) is 34.9. The largest absolute Gasteiger partial charge is 0.354 e. The van der Waals surface area contributed by atoms with Gasteiger partial charge in [-0.2, -0.15) is 0 Å². The van der Waals surface area contributed by atoms with Crippen LogP contribution in [0.25, 0.3) is 0 Å². The third kappa shape index (κ3) is 9.07. The number of nitrogens with zero attached hydrogens (tertiary/aromatic N) is 2. The van der Waals surface area contributed by atoms with Gasteiger partial charge in [0.05, 0.1) is 10.6 Å². The molecule has 0 spiro atoms. The van der Waals surface area contributed by atoms with E-state index in [4.69, 9.17) is 0 Å². The van der Waals surface area contributed by atoms with E-state index in [1.54, 1.807) is 36.4 Å². The highest BCUT2D eigenvalue weighted by Crippen LogP contribution is 2.27. The first-order valence-electron chi connectivity index (χ1n) is 15.4. The lowest BCUT2D eigenvalue weighted by atomic mass is 10.0. The lowest BCUT2D eigenvalue weighted by Crippen LogP contribution is -2.53. The third-order valence-electron chi connectivity index (χ3n) is 7.86. The van der Waals surface area contributed by atoms with Gasteiger partial charge in [0.2, 0.25) is 11.8 Å². The summed E-state index contributed by atoms with van der Waals surface area (Å²) < 4.78 is 30.5. The van der Waals surface area contributed by atoms with E-state index in [0.717, 1.165) is 36.6 Å². The number of aryl methyl sites for hydroxylation is 3. The molecule has 1 atom stereocenters. The fourth-order valence-electron chi connectivity index (χ4n) is 5.06. The molecule has 0 aromatic heterocycles.